The molecule has 1 aliphatic heterocycles. The van der Waals surface area contributed by atoms with Crippen molar-refractivity contribution in [1.29, 1.82) is 0 Å². The first-order chi connectivity index (χ1) is 12.4. The molecule has 1 saturated heterocycles. The number of nitrogens with one attached hydrogen (secondary N) is 1. The summed E-state index contributed by atoms with van der Waals surface area (Å²) in [5, 5.41) is 2.73. The van der Waals surface area contributed by atoms with Gasteiger partial charge in [0.25, 0.3) is 10.0 Å². The number of aryl methyl sites for hydroxylation is 1. The predicted molar refractivity (Wildman–Crippen MR) is 96.5 cm³/mol. The van der Waals surface area contributed by atoms with E-state index in [2.05, 4.69) is 5.32 Å². The average molecular weight is 372 g/mol. The van der Waals surface area contributed by atoms with Crippen LogP contribution in [-0.4, -0.2) is 30.6 Å². The molecule has 0 bridgehead atoms. The van der Waals surface area contributed by atoms with E-state index in [4.69, 9.17) is 0 Å². The number of carbonyl (C=O) groups excluding carboxylic acids is 2. The molecular weight excluding hydrogens is 352 g/mol. The number of sulfonamides is 1. The van der Waals surface area contributed by atoms with E-state index in [0.717, 1.165) is 15.4 Å². The Labute approximate surface area is 152 Å². The minimum Gasteiger partial charge on any atom is -0.350 e. The Bertz CT molecular complexity index is 908. The van der Waals surface area contributed by atoms with Crippen molar-refractivity contribution in [2.24, 2.45) is 0 Å². The molecule has 1 fully saturated rings. The van der Waals surface area contributed by atoms with Crippen molar-refractivity contribution in [3.05, 3.63) is 65.7 Å². The maximum atomic E-state index is 12.9. The highest BCUT2D eigenvalue weighted by molar-refractivity contribution is 7.89. The van der Waals surface area contributed by atoms with Crippen molar-refractivity contribution < 1.29 is 18.0 Å². The first kappa shape index (κ1) is 18.1. The van der Waals surface area contributed by atoms with E-state index < -0.39 is 27.9 Å². The van der Waals surface area contributed by atoms with Crippen molar-refractivity contribution >= 4 is 21.8 Å². The number of carbonyl (C=O) groups is 2. The van der Waals surface area contributed by atoms with Gasteiger partial charge in [-0.1, -0.05) is 48.0 Å². The molecule has 7 heteroatoms. The summed E-state index contributed by atoms with van der Waals surface area (Å²) in [7, 11) is -4.06. The van der Waals surface area contributed by atoms with E-state index in [9.17, 15) is 18.0 Å². The second kappa shape index (κ2) is 7.29. The Morgan fingerprint density at radius 1 is 1.12 bits per heavy atom. The van der Waals surface area contributed by atoms with Crippen molar-refractivity contribution in [3.63, 3.8) is 0 Å². The van der Waals surface area contributed by atoms with E-state index in [1.54, 1.807) is 12.1 Å². The van der Waals surface area contributed by atoms with E-state index in [-0.39, 0.29) is 24.3 Å². The van der Waals surface area contributed by atoms with Crippen LogP contribution in [0.15, 0.2) is 59.5 Å². The zero-order valence-electron chi connectivity index (χ0n) is 14.4. The molecule has 1 heterocycles. The summed E-state index contributed by atoms with van der Waals surface area (Å²) in [5.41, 5.74) is 1.81. The largest absolute Gasteiger partial charge is 0.350 e. The lowest BCUT2D eigenvalue weighted by molar-refractivity contribution is -0.130. The van der Waals surface area contributed by atoms with E-state index in [0.29, 0.717) is 0 Å². The van der Waals surface area contributed by atoms with Gasteiger partial charge in [-0.05, 0) is 31.0 Å². The van der Waals surface area contributed by atoms with Gasteiger partial charge < -0.3 is 5.32 Å². The molecule has 1 atom stereocenters. The van der Waals surface area contributed by atoms with Crippen molar-refractivity contribution in [1.82, 2.24) is 9.62 Å². The number of hydrogen-bond donors (Lipinski definition) is 1. The number of hydrogen-bond acceptors (Lipinski definition) is 4. The first-order valence-electron chi connectivity index (χ1n) is 8.35. The van der Waals surface area contributed by atoms with Crippen LogP contribution in [0.2, 0.25) is 0 Å². The fourth-order valence-corrected chi connectivity index (χ4v) is 4.53. The highest BCUT2D eigenvalue weighted by atomic mass is 32.2. The second-order valence-corrected chi connectivity index (χ2v) is 8.08. The number of nitrogens with zero attached hydrogens (tertiary/aromatic N) is 1. The molecule has 2 aromatic rings. The molecule has 1 aliphatic rings. The third-order valence-electron chi connectivity index (χ3n) is 4.35. The van der Waals surface area contributed by atoms with E-state index in [1.165, 1.54) is 12.1 Å². The lowest BCUT2D eigenvalue weighted by Crippen LogP contribution is -2.47. The zero-order valence-corrected chi connectivity index (χ0v) is 15.2. The van der Waals surface area contributed by atoms with Crippen molar-refractivity contribution in [3.8, 4) is 0 Å². The summed E-state index contributed by atoms with van der Waals surface area (Å²) in [6.07, 6.45) is 0.221. The third kappa shape index (κ3) is 3.62. The smallest absolute Gasteiger partial charge is 0.267 e. The van der Waals surface area contributed by atoms with Crippen LogP contribution in [0.25, 0.3) is 0 Å². The molecule has 0 saturated carbocycles. The van der Waals surface area contributed by atoms with Crippen LogP contribution in [0.5, 0.6) is 0 Å². The molecular formula is C19H20N2O4S. The highest BCUT2D eigenvalue weighted by Crippen LogP contribution is 2.27. The molecule has 2 aromatic carbocycles. The fraction of sp³-hybridized carbons (Fsp3) is 0.263. The lowest BCUT2D eigenvalue weighted by atomic mass is 10.2. The predicted octanol–water partition coefficient (Wildman–Crippen LogP) is 1.99. The van der Waals surface area contributed by atoms with Crippen LogP contribution < -0.4 is 5.32 Å². The van der Waals surface area contributed by atoms with Crippen LogP contribution in [-0.2, 0) is 26.2 Å². The molecule has 0 radical (unpaired) electrons. The summed E-state index contributed by atoms with van der Waals surface area (Å²) in [5.74, 6) is -1.01. The van der Waals surface area contributed by atoms with E-state index >= 15 is 0 Å². The van der Waals surface area contributed by atoms with Crippen LogP contribution in [0, 0.1) is 6.92 Å². The van der Waals surface area contributed by atoms with Crippen LogP contribution >= 0.6 is 0 Å². The summed E-state index contributed by atoms with van der Waals surface area (Å²) >= 11 is 0. The van der Waals surface area contributed by atoms with Gasteiger partial charge in [-0.15, -0.1) is 0 Å². The quantitative estimate of drug-likeness (QED) is 0.870. The summed E-state index contributed by atoms with van der Waals surface area (Å²) in [6.45, 7) is 2.13. The molecule has 0 aromatic heterocycles. The molecule has 2 amide bonds. The maximum Gasteiger partial charge on any atom is 0.267 e. The highest BCUT2D eigenvalue weighted by Gasteiger charge is 2.44. The number of amides is 2. The Morgan fingerprint density at radius 2 is 1.77 bits per heavy atom. The van der Waals surface area contributed by atoms with Gasteiger partial charge in [0.2, 0.25) is 11.8 Å². The number of rotatable bonds is 5. The van der Waals surface area contributed by atoms with Crippen molar-refractivity contribution in [2.45, 2.75) is 37.2 Å². The Kier molecular flexibility index (Phi) is 5.08. The fourth-order valence-electron chi connectivity index (χ4n) is 2.93. The molecule has 6 nitrogen and oxygen atoms in total. The van der Waals surface area contributed by atoms with Crippen molar-refractivity contribution in [2.75, 3.05) is 0 Å². The third-order valence-corrected chi connectivity index (χ3v) is 6.19. The minimum absolute atomic E-state index is 0.0132. The summed E-state index contributed by atoms with van der Waals surface area (Å²) in [6, 6.07) is 14.5. The van der Waals surface area contributed by atoms with Gasteiger partial charge in [0.05, 0.1) is 4.90 Å². The average Bonchev–Trinajstić information content (AvgIpc) is 3.03. The van der Waals surface area contributed by atoms with Crippen LogP contribution in [0.3, 0.4) is 0 Å². The molecule has 26 heavy (non-hydrogen) atoms. The molecule has 3 rings (SSSR count). The van der Waals surface area contributed by atoms with Gasteiger partial charge in [-0.3, -0.25) is 9.59 Å². The van der Waals surface area contributed by atoms with E-state index in [1.807, 2.05) is 37.3 Å². The van der Waals surface area contributed by atoms with Crippen LogP contribution in [0.4, 0.5) is 0 Å². The van der Waals surface area contributed by atoms with Crippen LogP contribution in [0.1, 0.15) is 24.0 Å². The molecule has 0 aliphatic carbocycles. The topological polar surface area (TPSA) is 83.6 Å². The van der Waals surface area contributed by atoms with Gasteiger partial charge >= 0.3 is 0 Å². The SMILES string of the molecule is Cc1ccc(S(=O)(=O)N2C(=O)CC[C@H]2C(=O)NCc2ccccc2)cc1. The maximum absolute atomic E-state index is 12.9. The zero-order chi connectivity index (χ0) is 18.7. The van der Waals surface area contributed by atoms with Gasteiger partial charge in [0, 0.05) is 13.0 Å². The second-order valence-electron chi connectivity index (χ2n) is 6.27. The molecule has 1 N–H and O–H groups in total. The van der Waals surface area contributed by atoms with Gasteiger partial charge in [0.15, 0.2) is 0 Å². The number of benzene rings is 2. The first-order valence-corrected chi connectivity index (χ1v) is 9.79. The van der Waals surface area contributed by atoms with Gasteiger partial charge in [-0.2, -0.15) is 0 Å². The van der Waals surface area contributed by atoms with Gasteiger partial charge in [-0.25, -0.2) is 12.7 Å². The Balaban J connectivity index is 1.79. The molecule has 0 unspecified atom stereocenters. The minimum atomic E-state index is -4.06. The molecule has 0 spiro atoms. The Hall–Kier alpha value is -2.67. The Morgan fingerprint density at radius 3 is 2.42 bits per heavy atom. The normalized spacial score (nSPS) is 17.3. The summed E-state index contributed by atoms with van der Waals surface area (Å²) < 4.78 is 26.5. The lowest BCUT2D eigenvalue weighted by Gasteiger charge is -2.23. The molecule has 136 valence electrons. The van der Waals surface area contributed by atoms with Gasteiger partial charge in [0.1, 0.15) is 6.04 Å². The summed E-state index contributed by atoms with van der Waals surface area (Å²) in [4.78, 5) is 24.8. The standard InChI is InChI=1S/C19H20N2O4S/c1-14-7-9-16(10-8-14)26(24,25)21-17(11-12-18(21)22)19(23)20-13-15-5-3-2-4-6-15/h2-10,17H,11-13H2,1H3,(H,20,23)/t17-/m0/s1. The monoisotopic (exact) mass is 372 g/mol.